The smallest absolute Gasteiger partial charge is 0.260 e. The Labute approximate surface area is 164 Å². The van der Waals surface area contributed by atoms with E-state index in [4.69, 9.17) is 4.74 Å². The monoisotopic (exact) mass is 383 g/mol. The molecule has 28 heavy (non-hydrogen) atoms. The van der Waals surface area contributed by atoms with Crippen LogP contribution in [0, 0.1) is 0 Å². The molecule has 0 bridgehead atoms. The number of pyridine rings is 1. The van der Waals surface area contributed by atoms with Gasteiger partial charge in [-0.25, -0.2) is 5.43 Å². The Balaban J connectivity index is 1.68. The van der Waals surface area contributed by atoms with Gasteiger partial charge in [-0.05, 0) is 36.8 Å². The molecule has 1 saturated heterocycles. The normalized spacial score (nSPS) is 14.9. The van der Waals surface area contributed by atoms with Crippen LogP contribution in [-0.2, 0) is 17.9 Å². The first-order valence-electron chi connectivity index (χ1n) is 9.56. The van der Waals surface area contributed by atoms with E-state index in [2.05, 4.69) is 16.6 Å². The molecule has 1 fully saturated rings. The van der Waals surface area contributed by atoms with Gasteiger partial charge in [-0.2, -0.15) is 5.10 Å². The fraction of sp³-hybridized carbons (Fsp3) is 0.381. The van der Waals surface area contributed by atoms with Gasteiger partial charge in [-0.15, -0.1) is 0 Å². The van der Waals surface area contributed by atoms with Gasteiger partial charge in [0.15, 0.2) is 0 Å². The van der Waals surface area contributed by atoms with Crippen LogP contribution in [-0.4, -0.2) is 36.4 Å². The van der Waals surface area contributed by atoms with Crippen LogP contribution >= 0.6 is 0 Å². The molecule has 148 valence electrons. The minimum atomic E-state index is -0.345. The third-order valence-corrected chi connectivity index (χ3v) is 5.01. The minimum Gasteiger partial charge on any atom is -0.496 e. The van der Waals surface area contributed by atoms with Crippen LogP contribution in [0.1, 0.15) is 30.9 Å². The number of likely N-dealkylation sites (tertiary alicyclic amines) is 1. The summed E-state index contributed by atoms with van der Waals surface area (Å²) in [5.74, 6) is 0.534. The van der Waals surface area contributed by atoms with Crippen molar-refractivity contribution >= 4 is 11.6 Å². The highest BCUT2D eigenvalue weighted by Crippen LogP contribution is 2.20. The van der Waals surface area contributed by atoms with Crippen LogP contribution in [0.4, 0.5) is 0 Å². The topological polar surface area (TPSA) is 77.1 Å². The van der Waals surface area contributed by atoms with Crippen LogP contribution in [0.5, 0.6) is 5.75 Å². The van der Waals surface area contributed by atoms with Gasteiger partial charge in [-0.3, -0.25) is 9.59 Å². The van der Waals surface area contributed by atoms with Crippen molar-refractivity contribution in [2.75, 3.05) is 20.2 Å². The maximum atomic E-state index is 12.1. The van der Waals surface area contributed by atoms with Crippen molar-refractivity contribution in [3.05, 3.63) is 64.1 Å². The molecule has 2 heterocycles. The van der Waals surface area contributed by atoms with Gasteiger partial charge in [0, 0.05) is 30.7 Å². The number of hydrogen-bond acceptors (Lipinski definition) is 4. The number of nitrogens with zero attached hydrogens (tertiary/aromatic N) is 2. The van der Waals surface area contributed by atoms with E-state index in [1.54, 1.807) is 30.3 Å². The summed E-state index contributed by atoms with van der Waals surface area (Å²) in [6.45, 7) is 5.09. The molecule has 1 amide bonds. The van der Waals surface area contributed by atoms with Crippen LogP contribution in [0.25, 0.3) is 0 Å². The first-order valence-corrected chi connectivity index (χ1v) is 9.56. The SMILES string of the molecule is COc1ccc(/C(C)=N\NC(=O)Cn2ccccc2=O)cc1C[NH+]1CCCC1. The summed E-state index contributed by atoms with van der Waals surface area (Å²) in [5.41, 5.74) is 5.10. The van der Waals surface area contributed by atoms with Gasteiger partial charge in [-0.1, -0.05) is 6.07 Å². The molecule has 0 saturated carbocycles. The maximum Gasteiger partial charge on any atom is 0.260 e. The number of benzene rings is 1. The molecule has 0 unspecified atom stereocenters. The van der Waals surface area contributed by atoms with Gasteiger partial charge >= 0.3 is 0 Å². The van der Waals surface area contributed by atoms with E-state index in [9.17, 15) is 9.59 Å². The highest BCUT2D eigenvalue weighted by Gasteiger charge is 2.18. The Morgan fingerprint density at radius 3 is 2.75 bits per heavy atom. The van der Waals surface area contributed by atoms with Gasteiger partial charge in [0.05, 0.1) is 25.9 Å². The molecule has 2 aromatic rings. The number of aromatic nitrogens is 1. The van der Waals surface area contributed by atoms with Crippen molar-refractivity contribution in [3.63, 3.8) is 0 Å². The molecule has 2 N–H and O–H groups in total. The molecule has 1 aliphatic rings. The van der Waals surface area contributed by atoms with E-state index < -0.39 is 0 Å². The molecule has 3 rings (SSSR count). The molecular weight excluding hydrogens is 356 g/mol. The van der Waals surface area contributed by atoms with E-state index in [0.717, 1.165) is 23.4 Å². The molecule has 7 nitrogen and oxygen atoms in total. The lowest BCUT2D eigenvalue weighted by molar-refractivity contribution is -0.901. The molecular formula is C21H27N4O3+. The zero-order valence-corrected chi connectivity index (χ0v) is 16.4. The average Bonchev–Trinajstić information content (AvgIpc) is 3.21. The lowest BCUT2D eigenvalue weighted by Crippen LogP contribution is -3.08. The predicted molar refractivity (Wildman–Crippen MR) is 108 cm³/mol. The second-order valence-electron chi connectivity index (χ2n) is 7.06. The summed E-state index contributed by atoms with van der Waals surface area (Å²) >= 11 is 0. The number of nitrogens with one attached hydrogen (secondary N) is 2. The Morgan fingerprint density at radius 2 is 2.04 bits per heavy atom. The standard InChI is InChI=1S/C21H26N4O3/c1-16(22-23-20(26)15-25-12-4-3-7-21(25)27)17-8-9-19(28-2)18(13-17)14-24-10-5-6-11-24/h3-4,7-9,12-13H,5-6,10-11,14-15H2,1-2H3,(H,23,26)/p+1/b22-16-. The first kappa shape index (κ1) is 19.8. The molecule has 7 heteroatoms. The summed E-state index contributed by atoms with van der Waals surface area (Å²) in [5, 5.41) is 4.20. The van der Waals surface area contributed by atoms with E-state index in [1.807, 2.05) is 19.1 Å². The summed E-state index contributed by atoms with van der Waals surface area (Å²) < 4.78 is 6.85. The van der Waals surface area contributed by atoms with Crippen molar-refractivity contribution in [3.8, 4) is 5.75 Å². The number of quaternary nitrogens is 1. The highest BCUT2D eigenvalue weighted by atomic mass is 16.5. The van der Waals surface area contributed by atoms with Crippen molar-refractivity contribution < 1.29 is 14.4 Å². The molecule has 1 aliphatic heterocycles. The summed E-state index contributed by atoms with van der Waals surface area (Å²) in [6, 6.07) is 10.7. The Morgan fingerprint density at radius 1 is 1.25 bits per heavy atom. The largest absolute Gasteiger partial charge is 0.496 e. The third kappa shape index (κ3) is 5.07. The van der Waals surface area contributed by atoms with Crippen molar-refractivity contribution in [2.24, 2.45) is 5.10 Å². The lowest BCUT2D eigenvalue weighted by Gasteiger charge is -2.15. The zero-order valence-electron chi connectivity index (χ0n) is 16.4. The number of carbonyl (C=O) groups excluding carboxylic acids is 1. The molecule has 1 aromatic carbocycles. The quantitative estimate of drug-likeness (QED) is 0.542. The summed E-state index contributed by atoms with van der Waals surface area (Å²) in [7, 11) is 1.69. The second kappa shape index (κ2) is 9.32. The number of hydrazone groups is 1. The Kier molecular flexibility index (Phi) is 6.60. The highest BCUT2D eigenvalue weighted by molar-refractivity contribution is 5.99. The van der Waals surface area contributed by atoms with Crippen molar-refractivity contribution in [1.82, 2.24) is 9.99 Å². The van der Waals surface area contributed by atoms with E-state index in [1.165, 1.54) is 36.6 Å². The van der Waals surface area contributed by atoms with E-state index in [-0.39, 0.29) is 18.0 Å². The van der Waals surface area contributed by atoms with Crippen LogP contribution in [0.3, 0.4) is 0 Å². The zero-order chi connectivity index (χ0) is 19.9. The Hall–Kier alpha value is -2.93. The second-order valence-corrected chi connectivity index (χ2v) is 7.06. The predicted octanol–water partition coefficient (Wildman–Crippen LogP) is 0.576. The van der Waals surface area contributed by atoms with Gasteiger partial charge in [0.2, 0.25) is 0 Å². The first-order chi connectivity index (χ1) is 13.6. The number of rotatable bonds is 7. The summed E-state index contributed by atoms with van der Waals surface area (Å²) in [6.07, 6.45) is 4.12. The van der Waals surface area contributed by atoms with Crippen LogP contribution in [0.15, 0.2) is 52.5 Å². The van der Waals surface area contributed by atoms with Gasteiger partial charge in [0.1, 0.15) is 18.8 Å². The van der Waals surface area contributed by atoms with Gasteiger partial charge < -0.3 is 14.2 Å². The number of methoxy groups -OCH3 is 1. The molecule has 1 aromatic heterocycles. The number of hydrogen-bond donors (Lipinski definition) is 2. The molecule has 0 radical (unpaired) electrons. The molecule has 0 aliphatic carbocycles. The summed E-state index contributed by atoms with van der Waals surface area (Å²) in [4.78, 5) is 25.3. The number of amides is 1. The van der Waals surface area contributed by atoms with E-state index >= 15 is 0 Å². The molecule has 0 spiro atoms. The number of ether oxygens (including phenoxy) is 1. The van der Waals surface area contributed by atoms with Crippen LogP contribution < -0.4 is 20.6 Å². The van der Waals surface area contributed by atoms with Crippen LogP contribution in [0.2, 0.25) is 0 Å². The van der Waals surface area contributed by atoms with Gasteiger partial charge in [0.25, 0.3) is 11.5 Å². The fourth-order valence-electron chi connectivity index (χ4n) is 3.45. The third-order valence-electron chi connectivity index (χ3n) is 5.01. The Bertz CT molecular complexity index is 914. The lowest BCUT2D eigenvalue weighted by atomic mass is 10.1. The molecule has 0 atom stereocenters. The average molecular weight is 383 g/mol. The van der Waals surface area contributed by atoms with Crippen molar-refractivity contribution in [1.29, 1.82) is 0 Å². The minimum absolute atomic E-state index is 0.0668. The maximum absolute atomic E-state index is 12.1. The fourth-order valence-corrected chi connectivity index (χ4v) is 3.45. The van der Waals surface area contributed by atoms with Crippen molar-refractivity contribution in [2.45, 2.75) is 32.9 Å². The van der Waals surface area contributed by atoms with E-state index in [0.29, 0.717) is 5.71 Å². The number of carbonyl (C=O) groups is 1.